The molecule has 2 rings (SSSR count). The second-order valence-corrected chi connectivity index (χ2v) is 12.0. The largest absolute Gasteiger partial charge is 0.494 e. The third-order valence-electron chi connectivity index (χ3n) is 3.47. The zero-order chi connectivity index (χ0) is 16.3. The predicted octanol–water partition coefficient (Wildman–Crippen LogP) is 4.14. The van der Waals surface area contributed by atoms with Gasteiger partial charge in [-0.1, -0.05) is 26.2 Å². The number of hydrogen-bond donors (Lipinski definition) is 0. The number of halogens is 1. The first kappa shape index (κ1) is 16.7. The standard InChI is InChI=1S/C16H23FN2O2Si/c1-6-12-15-13(7-8-14(20-2)16(15)17)19(18-12)11-21-9-10-22(3,4)5/h6-8H,1,9-11H2,2-5H3. The smallest absolute Gasteiger partial charge is 0.176 e. The summed E-state index contributed by atoms with van der Waals surface area (Å²) in [6, 6.07) is 4.48. The third-order valence-corrected chi connectivity index (χ3v) is 5.17. The molecule has 0 spiro atoms. The topological polar surface area (TPSA) is 36.3 Å². The van der Waals surface area contributed by atoms with E-state index in [9.17, 15) is 4.39 Å². The molecule has 4 nitrogen and oxygen atoms in total. The molecule has 1 aromatic carbocycles. The maximum atomic E-state index is 14.4. The molecule has 0 aliphatic carbocycles. The van der Waals surface area contributed by atoms with E-state index in [0.717, 1.165) is 6.04 Å². The van der Waals surface area contributed by atoms with Gasteiger partial charge in [0.2, 0.25) is 0 Å². The van der Waals surface area contributed by atoms with Crippen LogP contribution in [-0.2, 0) is 11.5 Å². The lowest BCUT2D eigenvalue weighted by Gasteiger charge is -2.15. The molecule has 120 valence electrons. The second-order valence-electron chi connectivity index (χ2n) is 6.41. The minimum absolute atomic E-state index is 0.204. The first-order valence-electron chi connectivity index (χ1n) is 7.30. The van der Waals surface area contributed by atoms with Crippen molar-refractivity contribution in [3.05, 3.63) is 30.2 Å². The van der Waals surface area contributed by atoms with E-state index in [-0.39, 0.29) is 5.75 Å². The van der Waals surface area contributed by atoms with Crippen molar-refractivity contribution in [2.45, 2.75) is 32.4 Å². The highest BCUT2D eigenvalue weighted by molar-refractivity contribution is 6.76. The fourth-order valence-corrected chi connectivity index (χ4v) is 2.92. The number of hydrogen-bond acceptors (Lipinski definition) is 3. The van der Waals surface area contributed by atoms with Gasteiger partial charge >= 0.3 is 0 Å². The predicted molar refractivity (Wildman–Crippen MR) is 90.4 cm³/mol. The van der Waals surface area contributed by atoms with Gasteiger partial charge in [-0.15, -0.1) is 0 Å². The van der Waals surface area contributed by atoms with Gasteiger partial charge in [-0.2, -0.15) is 5.10 Å². The molecule has 0 unspecified atom stereocenters. The van der Waals surface area contributed by atoms with Crippen LogP contribution in [0, 0.1) is 5.82 Å². The minimum Gasteiger partial charge on any atom is -0.494 e. The molecule has 6 heteroatoms. The van der Waals surface area contributed by atoms with Crippen LogP contribution in [0.2, 0.25) is 25.7 Å². The van der Waals surface area contributed by atoms with E-state index in [2.05, 4.69) is 31.3 Å². The van der Waals surface area contributed by atoms with Crippen molar-refractivity contribution in [1.29, 1.82) is 0 Å². The molecule has 0 bridgehead atoms. The van der Waals surface area contributed by atoms with Crippen molar-refractivity contribution in [3.63, 3.8) is 0 Å². The first-order valence-corrected chi connectivity index (χ1v) is 11.0. The number of aromatic nitrogens is 2. The lowest BCUT2D eigenvalue weighted by Crippen LogP contribution is -2.22. The van der Waals surface area contributed by atoms with E-state index >= 15 is 0 Å². The van der Waals surface area contributed by atoms with Crippen molar-refractivity contribution in [3.8, 4) is 5.75 Å². The molecule has 22 heavy (non-hydrogen) atoms. The maximum absolute atomic E-state index is 14.4. The van der Waals surface area contributed by atoms with E-state index in [0.29, 0.717) is 29.9 Å². The molecular weight excluding hydrogens is 299 g/mol. The highest BCUT2D eigenvalue weighted by Gasteiger charge is 2.17. The van der Waals surface area contributed by atoms with Crippen LogP contribution in [0.15, 0.2) is 18.7 Å². The Balaban J connectivity index is 2.24. The Labute approximate surface area is 131 Å². The summed E-state index contributed by atoms with van der Waals surface area (Å²) in [6.45, 7) is 11.6. The summed E-state index contributed by atoms with van der Waals surface area (Å²) in [6.07, 6.45) is 1.55. The van der Waals surface area contributed by atoms with Crippen LogP contribution in [0.5, 0.6) is 5.75 Å². The van der Waals surface area contributed by atoms with E-state index < -0.39 is 13.9 Å². The van der Waals surface area contributed by atoms with Crippen LogP contribution in [0.25, 0.3) is 17.0 Å². The summed E-state index contributed by atoms with van der Waals surface area (Å²) in [4.78, 5) is 0. The average molecular weight is 322 g/mol. The molecular formula is C16H23FN2O2Si. The summed E-state index contributed by atoms with van der Waals surface area (Å²) in [5.41, 5.74) is 1.18. The molecule has 0 fully saturated rings. The first-order chi connectivity index (χ1) is 10.4. The van der Waals surface area contributed by atoms with Crippen molar-refractivity contribution in [1.82, 2.24) is 9.78 Å². The normalized spacial score (nSPS) is 11.9. The molecule has 0 saturated carbocycles. The van der Waals surface area contributed by atoms with Gasteiger partial charge < -0.3 is 9.47 Å². The van der Waals surface area contributed by atoms with Crippen LogP contribution >= 0.6 is 0 Å². The molecule has 0 aliphatic heterocycles. The monoisotopic (exact) mass is 322 g/mol. The Morgan fingerprint density at radius 3 is 2.68 bits per heavy atom. The Kier molecular flexibility index (Phi) is 5.03. The lowest BCUT2D eigenvalue weighted by atomic mass is 10.2. The van der Waals surface area contributed by atoms with Crippen LogP contribution < -0.4 is 4.74 Å². The lowest BCUT2D eigenvalue weighted by molar-refractivity contribution is 0.0816. The average Bonchev–Trinajstić information content (AvgIpc) is 2.82. The summed E-state index contributed by atoms with van der Waals surface area (Å²) in [7, 11) is 0.327. The second kappa shape index (κ2) is 6.62. The van der Waals surface area contributed by atoms with Crippen molar-refractivity contribution in [2.24, 2.45) is 0 Å². The van der Waals surface area contributed by atoms with Gasteiger partial charge in [0.25, 0.3) is 0 Å². The Hall–Kier alpha value is -1.66. The molecule has 0 saturated heterocycles. The minimum atomic E-state index is -1.12. The summed E-state index contributed by atoms with van der Waals surface area (Å²) >= 11 is 0. The quantitative estimate of drug-likeness (QED) is 0.568. The molecule has 2 aromatic rings. The van der Waals surface area contributed by atoms with Gasteiger partial charge in [0.1, 0.15) is 6.73 Å². The Morgan fingerprint density at radius 1 is 1.36 bits per heavy atom. The molecule has 0 aliphatic rings. The zero-order valence-corrected chi connectivity index (χ0v) is 14.6. The summed E-state index contributed by atoms with van der Waals surface area (Å²) < 4.78 is 26.8. The third kappa shape index (κ3) is 3.56. The number of benzene rings is 1. The molecule has 0 N–H and O–H groups in total. The molecule has 0 radical (unpaired) electrons. The number of fused-ring (bicyclic) bond motifs is 1. The van der Waals surface area contributed by atoms with Crippen LogP contribution in [0.3, 0.4) is 0 Å². The Morgan fingerprint density at radius 2 is 2.09 bits per heavy atom. The summed E-state index contributed by atoms with van der Waals surface area (Å²) in [5, 5.41) is 4.79. The van der Waals surface area contributed by atoms with Gasteiger partial charge in [0.15, 0.2) is 11.6 Å². The fourth-order valence-electron chi connectivity index (χ4n) is 2.17. The highest BCUT2D eigenvalue weighted by atomic mass is 28.3. The summed E-state index contributed by atoms with van der Waals surface area (Å²) in [5.74, 6) is -0.210. The number of methoxy groups -OCH3 is 1. The van der Waals surface area contributed by atoms with Gasteiger partial charge in [0.05, 0.1) is 23.7 Å². The molecule has 0 amide bonds. The van der Waals surface area contributed by atoms with Gasteiger partial charge in [-0.3, -0.25) is 0 Å². The van der Waals surface area contributed by atoms with E-state index in [4.69, 9.17) is 9.47 Å². The molecule has 1 aromatic heterocycles. The molecule has 1 heterocycles. The van der Waals surface area contributed by atoms with E-state index in [1.807, 2.05) is 0 Å². The van der Waals surface area contributed by atoms with E-state index in [1.54, 1.807) is 22.9 Å². The fraction of sp³-hybridized carbons (Fsp3) is 0.438. The maximum Gasteiger partial charge on any atom is 0.176 e. The SMILES string of the molecule is C=Cc1nn(COCC[Si](C)(C)C)c2ccc(OC)c(F)c12. The van der Waals surface area contributed by atoms with Gasteiger partial charge in [-0.05, 0) is 24.3 Å². The molecule has 0 atom stereocenters. The van der Waals surface area contributed by atoms with Crippen LogP contribution in [-0.4, -0.2) is 31.6 Å². The van der Waals surface area contributed by atoms with Gasteiger partial charge in [0, 0.05) is 14.7 Å². The number of rotatable bonds is 7. The zero-order valence-electron chi connectivity index (χ0n) is 13.6. The van der Waals surface area contributed by atoms with Crippen molar-refractivity contribution < 1.29 is 13.9 Å². The number of nitrogens with zero attached hydrogens (tertiary/aromatic N) is 2. The van der Waals surface area contributed by atoms with Crippen LogP contribution in [0.4, 0.5) is 4.39 Å². The highest BCUT2D eigenvalue weighted by Crippen LogP contribution is 2.29. The Bertz CT molecular complexity index is 677. The van der Waals surface area contributed by atoms with Gasteiger partial charge in [-0.25, -0.2) is 9.07 Å². The van der Waals surface area contributed by atoms with E-state index in [1.165, 1.54) is 7.11 Å². The number of ether oxygens (including phenoxy) is 2. The van der Waals surface area contributed by atoms with Crippen molar-refractivity contribution in [2.75, 3.05) is 13.7 Å². The van der Waals surface area contributed by atoms with Crippen molar-refractivity contribution >= 4 is 25.1 Å². The van der Waals surface area contributed by atoms with Crippen LogP contribution in [0.1, 0.15) is 5.69 Å².